The minimum Gasteiger partial charge on any atom is -0.367 e. The second-order valence-electron chi connectivity index (χ2n) is 8.73. The average Bonchev–Trinajstić information content (AvgIpc) is 3.43. The summed E-state index contributed by atoms with van der Waals surface area (Å²) in [6, 6.07) is 12.9. The van der Waals surface area contributed by atoms with Crippen molar-refractivity contribution in [1.29, 1.82) is 0 Å². The molecule has 4 heterocycles. The third kappa shape index (κ3) is 3.81. The molecule has 6 rings (SSSR count). The highest BCUT2D eigenvalue weighted by Crippen LogP contribution is 2.32. The summed E-state index contributed by atoms with van der Waals surface area (Å²) >= 11 is 0. The molecule has 0 saturated carbocycles. The van der Waals surface area contributed by atoms with Crippen molar-refractivity contribution < 1.29 is 0 Å². The fourth-order valence-electron chi connectivity index (χ4n) is 4.57. The molecule has 7 heteroatoms. The molecular formula is C27H25N7. The van der Waals surface area contributed by atoms with Gasteiger partial charge in [0.25, 0.3) is 0 Å². The van der Waals surface area contributed by atoms with Gasteiger partial charge in [-0.2, -0.15) is 5.10 Å². The number of rotatable bonds is 5. The van der Waals surface area contributed by atoms with Crippen LogP contribution in [0.5, 0.6) is 0 Å². The molecule has 2 aromatic carbocycles. The van der Waals surface area contributed by atoms with Gasteiger partial charge in [-0.05, 0) is 53.6 Å². The molecule has 34 heavy (non-hydrogen) atoms. The van der Waals surface area contributed by atoms with Gasteiger partial charge in [0.2, 0.25) is 0 Å². The molecule has 0 fully saturated rings. The number of allylic oxidation sites excluding steroid dienone is 2. The van der Waals surface area contributed by atoms with E-state index in [1.807, 2.05) is 17.9 Å². The first-order valence-electron chi connectivity index (χ1n) is 11.3. The molecule has 7 nitrogen and oxygen atoms in total. The number of aryl methyl sites for hydroxylation is 2. The van der Waals surface area contributed by atoms with E-state index in [0.29, 0.717) is 0 Å². The number of nitrogens with zero attached hydrogens (tertiary/aromatic N) is 6. The fourth-order valence-corrected chi connectivity index (χ4v) is 4.57. The van der Waals surface area contributed by atoms with Gasteiger partial charge in [0.15, 0.2) is 0 Å². The van der Waals surface area contributed by atoms with Gasteiger partial charge in [-0.15, -0.1) is 0 Å². The summed E-state index contributed by atoms with van der Waals surface area (Å²) in [5.41, 5.74) is 8.46. The summed E-state index contributed by atoms with van der Waals surface area (Å²) < 4.78 is 3.98. The van der Waals surface area contributed by atoms with Crippen molar-refractivity contribution in [2.24, 2.45) is 14.1 Å². The predicted octanol–water partition coefficient (Wildman–Crippen LogP) is 4.85. The zero-order valence-electron chi connectivity index (χ0n) is 19.2. The largest absolute Gasteiger partial charge is 0.367 e. The fraction of sp³-hybridized carbons (Fsp3) is 0.148. The van der Waals surface area contributed by atoms with Crippen LogP contribution in [0.4, 0.5) is 5.69 Å². The van der Waals surface area contributed by atoms with E-state index >= 15 is 0 Å². The van der Waals surface area contributed by atoms with Crippen LogP contribution in [0.25, 0.3) is 33.1 Å². The molecule has 0 spiro atoms. The van der Waals surface area contributed by atoms with E-state index in [-0.39, 0.29) is 0 Å². The molecule has 0 aliphatic carbocycles. The van der Waals surface area contributed by atoms with Crippen LogP contribution in [0.2, 0.25) is 0 Å². The summed E-state index contributed by atoms with van der Waals surface area (Å²) in [5.74, 6) is 0. The van der Waals surface area contributed by atoms with Crippen LogP contribution in [0, 0.1) is 0 Å². The van der Waals surface area contributed by atoms with Crippen molar-refractivity contribution in [2.75, 3.05) is 11.9 Å². The molecule has 0 amide bonds. The van der Waals surface area contributed by atoms with E-state index in [1.54, 1.807) is 12.4 Å². The molecule has 1 aliphatic heterocycles. The molecular weight excluding hydrogens is 422 g/mol. The Morgan fingerprint density at radius 1 is 1.03 bits per heavy atom. The number of aromatic nitrogens is 5. The highest BCUT2D eigenvalue weighted by Gasteiger charge is 2.13. The molecule has 1 aliphatic rings. The standard InChI is InChI=1S/C27H25N7/c1-32-11-7-20-5-6-21(12-26(20)32)24-13-23(14-25-27(24)29-9-8-28-25)31-22-4-3-10-34(18-22)17-19-15-30-33(2)16-19/h3-16,31H,17-18H2,1-2H3. The van der Waals surface area contributed by atoms with E-state index < -0.39 is 0 Å². The smallest absolute Gasteiger partial charge is 0.0966 e. The SMILES string of the molecule is Cn1cc(CN2C=CC=C(Nc3cc(-c4ccc5ccn(C)c5c4)c4nccnc4c3)C2)cn1. The van der Waals surface area contributed by atoms with Gasteiger partial charge in [-0.25, -0.2) is 0 Å². The maximum Gasteiger partial charge on any atom is 0.0966 e. The van der Waals surface area contributed by atoms with Crippen molar-refractivity contribution in [3.05, 3.63) is 97.0 Å². The summed E-state index contributed by atoms with van der Waals surface area (Å²) in [5, 5.41) is 9.13. The summed E-state index contributed by atoms with van der Waals surface area (Å²) in [6.07, 6.45) is 15.9. The lowest BCUT2D eigenvalue weighted by molar-refractivity contribution is 0.396. The van der Waals surface area contributed by atoms with Crippen molar-refractivity contribution in [3.63, 3.8) is 0 Å². The van der Waals surface area contributed by atoms with Gasteiger partial charge in [-0.1, -0.05) is 12.1 Å². The maximum atomic E-state index is 4.66. The Morgan fingerprint density at radius 2 is 1.94 bits per heavy atom. The number of benzene rings is 2. The zero-order chi connectivity index (χ0) is 23.1. The van der Waals surface area contributed by atoms with Crippen LogP contribution in [-0.4, -0.2) is 35.8 Å². The lowest BCUT2D eigenvalue weighted by atomic mass is 10.0. The zero-order valence-corrected chi connectivity index (χ0v) is 19.2. The van der Waals surface area contributed by atoms with Crippen molar-refractivity contribution in [3.8, 4) is 11.1 Å². The molecule has 0 atom stereocenters. The van der Waals surface area contributed by atoms with Gasteiger partial charge < -0.3 is 14.8 Å². The number of hydrogen-bond donors (Lipinski definition) is 1. The molecule has 0 radical (unpaired) electrons. The summed E-state index contributed by atoms with van der Waals surface area (Å²) in [6.45, 7) is 1.60. The van der Waals surface area contributed by atoms with Gasteiger partial charge in [0.05, 0.1) is 23.8 Å². The van der Waals surface area contributed by atoms with Crippen molar-refractivity contribution in [1.82, 2.24) is 29.2 Å². The molecule has 3 aromatic heterocycles. The number of hydrogen-bond acceptors (Lipinski definition) is 5. The predicted molar refractivity (Wildman–Crippen MR) is 136 cm³/mol. The lowest BCUT2D eigenvalue weighted by Crippen LogP contribution is -2.24. The van der Waals surface area contributed by atoms with Crippen LogP contribution in [-0.2, 0) is 20.6 Å². The molecule has 0 unspecified atom stereocenters. The third-order valence-electron chi connectivity index (χ3n) is 6.19. The maximum absolute atomic E-state index is 4.66. The summed E-state index contributed by atoms with van der Waals surface area (Å²) in [4.78, 5) is 11.5. The second kappa shape index (κ2) is 8.19. The molecule has 1 N–H and O–H groups in total. The van der Waals surface area contributed by atoms with Crippen molar-refractivity contribution >= 4 is 27.6 Å². The van der Waals surface area contributed by atoms with Gasteiger partial charge in [0, 0.05) is 73.5 Å². The van der Waals surface area contributed by atoms with Crippen LogP contribution < -0.4 is 5.32 Å². The van der Waals surface area contributed by atoms with Crippen LogP contribution >= 0.6 is 0 Å². The van der Waals surface area contributed by atoms with Crippen LogP contribution in [0.15, 0.2) is 91.4 Å². The van der Waals surface area contributed by atoms with Gasteiger partial charge in [-0.3, -0.25) is 14.6 Å². The molecule has 0 bridgehead atoms. The monoisotopic (exact) mass is 447 g/mol. The Hall–Kier alpha value is -4.39. The Bertz CT molecular complexity index is 1570. The van der Waals surface area contributed by atoms with E-state index in [0.717, 1.165) is 46.6 Å². The van der Waals surface area contributed by atoms with E-state index in [2.05, 4.69) is 104 Å². The Kier molecular flexibility index (Phi) is 4.87. The minimum absolute atomic E-state index is 0.786. The van der Waals surface area contributed by atoms with E-state index in [1.165, 1.54) is 16.5 Å². The first kappa shape index (κ1) is 20.2. The Morgan fingerprint density at radius 3 is 2.82 bits per heavy atom. The third-order valence-corrected chi connectivity index (χ3v) is 6.19. The van der Waals surface area contributed by atoms with Gasteiger partial charge in [0.1, 0.15) is 0 Å². The Labute approximate surface area is 197 Å². The highest BCUT2D eigenvalue weighted by atomic mass is 15.2. The van der Waals surface area contributed by atoms with Crippen LogP contribution in [0.3, 0.4) is 0 Å². The minimum atomic E-state index is 0.786. The summed E-state index contributed by atoms with van der Waals surface area (Å²) in [7, 11) is 4.01. The lowest BCUT2D eigenvalue weighted by Gasteiger charge is -2.25. The number of fused-ring (bicyclic) bond motifs is 2. The van der Waals surface area contributed by atoms with Gasteiger partial charge >= 0.3 is 0 Å². The molecule has 5 aromatic rings. The Balaban J connectivity index is 1.32. The first-order valence-corrected chi connectivity index (χ1v) is 11.3. The van der Waals surface area contributed by atoms with E-state index in [4.69, 9.17) is 0 Å². The number of anilines is 1. The second-order valence-corrected chi connectivity index (χ2v) is 8.73. The van der Waals surface area contributed by atoms with E-state index in [9.17, 15) is 0 Å². The topological polar surface area (TPSA) is 63.8 Å². The first-order chi connectivity index (χ1) is 16.6. The molecule has 0 saturated heterocycles. The highest BCUT2D eigenvalue weighted by molar-refractivity contribution is 5.97. The van der Waals surface area contributed by atoms with Crippen LogP contribution in [0.1, 0.15) is 5.56 Å². The number of nitrogens with one attached hydrogen (secondary N) is 1. The van der Waals surface area contributed by atoms with Crippen molar-refractivity contribution in [2.45, 2.75) is 6.54 Å². The quantitative estimate of drug-likeness (QED) is 0.417. The average molecular weight is 448 g/mol. The molecule has 168 valence electrons. The normalized spacial score (nSPS) is 13.6.